The van der Waals surface area contributed by atoms with Gasteiger partial charge in [0.15, 0.2) is 0 Å². The number of ketones is 1. The first-order valence-electron chi connectivity index (χ1n) is 11.4. The highest BCUT2D eigenvalue weighted by molar-refractivity contribution is 6.46. The zero-order valence-electron chi connectivity index (χ0n) is 19.2. The Kier molecular flexibility index (Phi) is 6.51. The molecule has 0 unspecified atom stereocenters. The number of hydrogen-bond acceptors (Lipinski definition) is 5. The van der Waals surface area contributed by atoms with Gasteiger partial charge in [-0.2, -0.15) is 0 Å². The summed E-state index contributed by atoms with van der Waals surface area (Å²) in [5.74, 6) is -1.61. The topological polar surface area (TPSA) is 70.1 Å². The lowest BCUT2D eigenvalue weighted by molar-refractivity contribution is -0.140. The molecule has 0 bridgehead atoms. The van der Waals surface area contributed by atoms with Crippen LogP contribution in [0.15, 0.2) is 48.0 Å². The molecule has 1 fully saturated rings. The molecule has 0 radical (unpaired) electrons. The van der Waals surface area contributed by atoms with Gasteiger partial charge in [-0.05, 0) is 49.8 Å². The molecule has 0 spiro atoms. The fourth-order valence-electron chi connectivity index (χ4n) is 4.64. The van der Waals surface area contributed by atoms with Gasteiger partial charge in [-0.3, -0.25) is 9.59 Å². The Balaban J connectivity index is 1.80. The molecule has 2 aromatic rings. The van der Waals surface area contributed by atoms with E-state index in [-0.39, 0.29) is 29.5 Å². The summed E-state index contributed by atoms with van der Waals surface area (Å²) in [5.41, 5.74) is 1.44. The van der Waals surface area contributed by atoms with E-state index in [0.717, 1.165) is 24.4 Å². The first-order valence-corrected chi connectivity index (χ1v) is 11.4. The maximum Gasteiger partial charge on any atom is 0.295 e. The molecule has 7 heteroatoms. The van der Waals surface area contributed by atoms with Crippen LogP contribution in [0.2, 0.25) is 0 Å². The molecule has 6 nitrogen and oxygen atoms in total. The zero-order chi connectivity index (χ0) is 23.7. The van der Waals surface area contributed by atoms with E-state index in [0.29, 0.717) is 18.5 Å². The number of ether oxygens (including phenoxy) is 1. The Morgan fingerprint density at radius 2 is 1.91 bits per heavy atom. The van der Waals surface area contributed by atoms with Crippen molar-refractivity contribution in [2.24, 2.45) is 0 Å². The minimum atomic E-state index is -0.995. The standard InChI is InChI=1S/C26H29FN2O4/c1-4-28(5-2)12-13-29-23(19-8-6-7-9-20(19)27)22(25(31)26(29)32)24(30)17-10-11-21-18(15-17)14-16(3)33-21/h6-11,15-16,23,30H,4-5,12-14H2,1-3H3/b24-22+/t16-,23-/m1/s1. The second-order valence-corrected chi connectivity index (χ2v) is 8.50. The molecule has 0 aliphatic carbocycles. The maximum atomic E-state index is 14.9. The molecule has 2 heterocycles. The van der Waals surface area contributed by atoms with E-state index >= 15 is 0 Å². The predicted molar refractivity (Wildman–Crippen MR) is 123 cm³/mol. The molecule has 0 saturated carbocycles. The molecule has 2 atom stereocenters. The first-order chi connectivity index (χ1) is 15.8. The highest BCUT2D eigenvalue weighted by Crippen LogP contribution is 2.41. The molecule has 1 amide bonds. The molecule has 174 valence electrons. The Bertz CT molecular complexity index is 1110. The second kappa shape index (κ2) is 9.35. The van der Waals surface area contributed by atoms with Crippen LogP contribution in [0.5, 0.6) is 5.75 Å². The number of carbonyl (C=O) groups excluding carboxylic acids is 2. The number of halogens is 1. The summed E-state index contributed by atoms with van der Waals surface area (Å²) in [6.07, 6.45) is 0.715. The van der Waals surface area contributed by atoms with Crippen molar-refractivity contribution >= 4 is 17.4 Å². The molecule has 1 N–H and O–H groups in total. The number of carbonyl (C=O) groups is 2. The summed E-state index contributed by atoms with van der Waals surface area (Å²) >= 11 is 0. The van der Waals surface area contributed by atoms with Crippen LogP contribution in [0.1, 0.15) is 43.5 Å². The molecule has 1 saturated heterocycles. The number of amides is 1. The molecule has 2 aliphatic heterocycles. The van der Waals surface area contributed by atoms with E-state index in [9.17, 15) is 19.1 Å². The minimum absolute atomic E-state index is 0.0291. The highest BCUT2D eigenvalue weighted by Gasteiger charge is 2.46. The molecule has 0 aromatic heterocycles. The highest BCUT2D eigenvalue weighted by atomic mass is 19.1. The lowest BCUT2D eigenvalue weighted by atomic mass is 9.94. The van der Waals surface area contributed by atoms with E-state index < -0.39 is 23.5 Å². The van der Waals surface area contributed by atoms with Gasteiger partial charge in [0.05, 0.1) is 11.6 Å². The number of rotatable bonds is 7. The van der Waals surface area contributed by atoms with Gasteiger partial charge in [0, 0.05) is 30.6 Å². The van der Waals surface area contributed by atoms with Gasteiger partial charge in [0.25, 0.3) is 11.7 Å². The summed E-state index contributed by atoms with van der Waals surface area (Å²) in [6.45, 7) is 8.37. The van der Waals surface area contributed by atoms with Gasteiger partial charge in [-0.15, -0.1) is 0 Å². The van der Waals surface area contributed by atoms with E-state index in [1.54, 1.807) is 36.4 Å². The van der Waals surface area contributed by atoms with Crippen LogP contribution in [-0.4, -0.2) is 58.9 Å². The van der Waals surface area contributed by atoms with Crippen LogP contribution in [0.25, 0.3) is 5.76 Å². The Morgan fingerprint density at radius 1 is 1.18 bits per heavy atom. The Hall–Kier alpha value is -3.19. The molecular weight excluding hydrogens is 423 g/mol. The molecule has 33 heavy (non-hydrogen) atoms. The Labute approximate surface area is 193 Å². The van der Waals surface area contributed by atoms with Crippen molar-refractivity contribution in [3.05, 3.63) is 70.5 Å². The molecule has 4 rings (SSSR count). The number of benzene rings is 2. The lowest BCUT2D eigenvalue weighted by Gasteiger charge is -2.28. The van der Waals surface area contributed by atoms with Crippen molar-refractivity contribution in [1.29, 1.82) is 0 Å². The van der Waals surface area contributed by atoms with Crippen molar-refractivity contribution in [1.82, 2.24) is 9.80 Å². The number of aliphatic hydroxyl groups is 1. The van der Waals surface area contributed by atoms with Crippen molar-refractivity contribution in [3.63, 3.8) is 0 Å². The fourth-order valence-corrected chi connectivity index (χ4v) is 4.64. The van der Waals surface area contributed by atoms with Crippen molar-refractivity contribution in [2.75, 3.05) is 26.2 Å². The SMILES string of the molecule is CCN(CC)CCN1C(=O)C(=O)/C(=C(/O)c2ccc3c(c2)C[C@@H](C)O3)[C@H]1c1ccccc1F. The van der Waals surface area contributed by atoms with E-state index in [1.807, 2.05) is 20.8 Å². The summed E-state index contributed by atoms with van der Waals surface area (Å²) in [5, 5.41) is 11.2. The fraction of sp³-hybridized carbons (Fsp3) is 0.385. The van der Waals surface area contributed by atoms with Crippen LogP contribution in [-0.2, 0) is 16.0 Å². The maximum absolute atomic E-state index is 14.9. The number of hydrogen-bond donors (Lipinski definition) is 1. The normalized spacial score (nSPS) is 21.5. The number of Topliss-reactive ketones (excluding diaryl/α,β-unsaturated/α-hetero) is 1. The smallest absolute Gasteiger partial charge is 0.295 e. The lowest BCUT2D eigenvalue weighted by Crippen LogP contribution is -2.38. The number of likely N-dealkylation sites (tertiary alicyclic amines) is 1. The number of aliphatic hydroxyl groups excluding tert-OH is 1. The predicted octanol–water partition coefficient (Wildman–Crippen LogP) is 3.91. The van der Waals surface area contributed by atoms with Crippen molar-refractivity contribution < 1.29 is 23.8 Å². The largest absolute Gasteiger partial charge is 0.507 e. The minimum Gasteiger partial charge on any atom is -0.507 e. The van der Waals surface area contributed by atoms with Gasteiger partial charge in [-0.25, -0.2) is 4.39 Å². The van der Waals surface area contributed by atoms with E-state index in [2.05, 4.69) is 4.90 Å². The first kappa shape index (κ1) is 23.0. The van der Waals surface area contributed by atoms with Crippen LogP contribution in [0.4, 0.5) is 4.39 Å². The summed E-state index contributed by atoms with van der Waals surface area (Å²) in [7, 11) is 0. The quantitative estimate of drug-likeness (QED) is 0.392. The van der Waals surface area contributed by atoms with Gasteiger partial charge in [0.2, 0.25) is 0 Å². The molecule has 2 aromatic carbocycles. The Morgan fingerprint density at radius 3 is 2.61 bits per heavy atom. The van der Waals surface area contributed by atoms with E-state index in [4.69, 9.17) is 4.74 Å². The van der Waals surface area contributed by atoms with Gasteiger partial charge < -0.3 is 19.6 Å². The third-order valence-electron chi connectivity index (χ3n) is 6.46. The number of nitrogens with zero attached hydrogens (tertiary/aromatic N) is 2. The summed E-state index contributed by atoms with van der Waals surface area (Å²) < 4.78 is 20.6. The van der Waals surface area contributed by atoms with Crippen LogP contribution in [0.3, 0.4) is 0 Å². The van der Waals surface area contributed by atoms with Gasteiger partial charge in [-0.1, -0.05) is 32.0 Å². The van der Waals surface area contributed by atoms with Crippen molar-refractivity contribution in [3.8, 4) is 5.75 Å². The summed E-state index contributed by atoms with van der Waals surface area (Å²) in [6, 6.07) is 10.3. The average Bonchev–Trinajstić information content (AvgIpc) is 3.30. The third kappa shape index (κ3) is 4.25. The average molecular weight is 453 g/mol. The van der Waals surface area contributed by atoms with Gasteiger partial charge in [0.1, 0.15) is 23.4 Å². The zero-order valence-corrected chi connectivity index (χ0v) is 19.2. The van der Waals surface area contributed by atoms with Crippen LogP contribution in [0, 0.1) is 5.82 Å². The number of likely N-dealkylation sites (N-methyl/N-ethyl adjacent to an activating group) is 1. The summed E-state index contributed by atoms with van der Waals surface area (Å²) in [4.78, 5) is 29.7. The second-order valence-electron chi connectivity index (χ2n) is 8.50. The molecule has 2 aliphatic rings. The third-order valence-corrected chi connectivity index (χ3v) is 6.46. The monoisotopic (exact) mass is 452 g/mol. The van der Waals surface area contributed by atoms with Gasteiger partial charge >= 0.3 is 0 Å². The van der Waals surface area contributed by atoms with E-state index in [1.165, 1.54) is 11.0 Å². The van der Waals surface area contributed by atoms with Crippen molar-refractivity contribution in [2.45, 2.75) is 39.3 Å². The van der Waals surface area contributed by atoms with Crippen LogP contribution < -0.4 is 4.74 Å². The number of fused-ring (bicyclic) bond motifs is 1. The molecular formula is C26H29FN2O4. The van der Waals surface area contributed by atoms with Crippen LogP contribution >= 0.6 is 0 Å².